The van der Waals surface area contributed by atoms with Crippen LogP contribution in [0.15, 0.2) is 0 Å². The van der Waals surface area contributed by atoms with Gasteiger partial charge >= 0.3 is 0 Å². The molecule has 0 aromatic rings. The number of hydrogen-bond acceptors (Lipinski definition) is 1. The second kappa shape index (κ2) is 3.97. The maximum Gasteiger partial charge on any atom is 0.0475 e. The predicted molar refractivity (Wildman–Crippen MR) is 52.7 cm³/mol. The van der Waals surface area contributed by atoms with Gasteiger partial charge in [-0.3, -0.25) is 4.90 Å². The van der Waals surface area contributed by atoms with Crippen molar-refractivity contribution in [3.63, 3.8) is 0 Å². The summed E-state index contributed by atoms with van der Waals surface area (Å²) in [6.07, 6.45) is 8.38. The number of alkyl halides is 1. The van der Waals surface area contributed by atoms with Crippen LogP contribution >= 0.6 is 11.6 Å². The van der Waals surface area contributed by atoms with Gasteiger partial charge in [-0.25, -0.2) is 0 Å². The Morgan fingerprint density at radius 1 is 1.00 bits per heavy atom. The van der Waals surface area contributed by atoms with Crippen molar-refractivity contribution < 1.29 is 0 Å². The van der Waals surface area contributed by atoms with E-state index in [-0.39, 0.29) is 0 Å². The topological polar surface area (TPSA) is 3.24 Å². The fraction of sp³-hybridized carbons (Fsp3) is 1.00. The smallest absolute Gasteiger partial charge is 0.0475 e. The van der Waals surface area contributed by atoms with E-state index in [2.05, 4.69) is 4.90 Å². The Kier molecular flexibility index (Phi) is 2.92. The van der Waals surface area contributed by atoms with Crippen LogP contribution in [-0.2, 0) is 0 Å². The molecule has 1 saturated heterocycles. The zero-order valence-electron chi connectivity index (χ0n) is 7.64. The van der Waals surface area contributed by atoms with Crippen molar-refractivity contribution in [2.24, 2.45) is 0 Å². The first-order chi connectivity index (χ1) is 5.86. The molecule has 1 atom stereocenters. The Labute approximate surface area is 80.1 Å². The van der Waals surface area contributed by atoms with E-state index in [0.717, 1.165) is 12.6 Å². The largest absolute Gasteiger partial charge is 0.299 e. The molecule has 0 aromatic heterocycles. The van der Waals surface area contributed by atoms with Crippen LogP contribution in [0.3, 0.4) is 0 Å². The van der Waals surface area contributed by atoms with Gasteiger partial charge in [-0.1, -0.05) is 19.3 Å². The molecule has 1 heterocycles. The molecule has 0 bridgehead atoms. The maximum atomic E-state index is 6.08. The van der Waals surface area contributed by atoms with E-state index in [0.29, 0.717) is 5.38 Å². The second-order valence-electron chi connectivity index (χ2n) is 4.17. The highest BCUT2D eigenvalue weighted by atomic mass is 35.5. The monoisotopic (exact) mass is 187 g/mol. The molecule has 1 nitrogen and oxygen atoms in total. The van der Waals surface area contributed by atoms with E-state index >= 15 is 0 Å². The molecule has 12 heavy (non-hydrogen) atoms. The molecule has 0 N–H and O–H groups in total. The summed E-state index contributed by atoms with van der Waals surface area (Å²) < 4.78 is 0. The van der Waals surface area contributed by atoms with Crippen molar-refractivity contribution in [3.05, 3.63) is 0 Å². The lowest BCUT2D eigenvalue weighted by molar-refractivity contribution is 0.192. The molecular weight excluding hydrogens is 170 g/mol. The summed E-state index contributed by atoms with van der Waals surface area (Å²) in [5, 5.41) is 0.437. The first-order valence-electron chi connectivity index (χ1n) is 5.24. The third kappa shape index (κ3) is 1.94. The minimum absolute atomic E-state index is 0.437. The van der Waals surface area contributed by atoms with Gasteiger partial charge in [0.2, 0.25) is 0 Å². The van der Waals surface area contributed by atoms with Gasteiger partial charge in [0.05, 0.1) is 0 Å². The Morgan fingerprint density at radius 3 is 2.33 bits per heavy atom. The number of nitrogens with zero attached hydrogens (tertiary/aromatic N) is 1. The lowest BCUT2D eigenvalue weighted by Crippen LogP contribution is -2.34. The highest BCUT2D eigenvalue weighted by Gasteiger charge is 2.27. The molecule has 70 valence electrons. The van der Waals surface area contributed by atoms with Crippen LogP contribution in [0.2, 0.25) is 0 Å². The summed E-state index contributed by atoms with van der Waals surface area (Å²) in [6, 6.07) is 0.877. The number of rotatable bonds is 1. The van der Waals surface area contributed by atoms with Crippen LogP contribution in [-0.4, -0.2) is 29.4 Å². The van der Waals surface area contributed by atoms with E-state index in [4.69, 9.17) is 11.6 Å². The van der Waals surface area contributed by atoms with Crippen molar-refractivity contribution in [2.75, 3.05) is 13.1 Å². The number of likely N-dealkylation sites (tertiary alicyclic amines) is 1. The summed E-state index contributed by atoms with van der Waals surface area (Å²) in [6.45, 7) is 2.39. The van der Waals surface area contributed by atoms with E-state index < -0.39 is 0 Å². The Hall–Kier alpha value is 0.250. The first-order valence-corrected chi connectivity index (χ1v) is 5.68. The average molecular weight is 188 g/mol. The second-order valence-corrected chi connectivity index (χ2v) is 4.79. The first kappa shape index (κ1) is 8.83. The van der Waals surface area contributed by atoms with Crippen LogP contribution in [0.4, 0.5) is 0 Å². The third-order valence-electron chi connectivity index (χ3n) is 3.25. The van der Waals surface area contributed by atoms with Crippen LogP contribution in [0.1, 0.15) is 38.5 Å². The molecule has 2 heteroatoms. The average Bonchev–Trinajstić information content (AvgIpc) is 2.54. The van der Waals surface area contributed by atoms with Gasteiger partial charge in [0.1, 0.15) is 0 Å². The molecule has 1 aliphatic heterocycles. The van der Waals surface area contributed by atoms with Gasteiger partial charge in [-0.05, 0) is 25.8 Å². The van der Waals surface area contributed by atoms with Crippen molar-refractivity contribution >= 4 is 11.6 Å². The zero-order valence-corrected chi connectivity index (χ0v) is 8.39. The fourth-order valence-electron chi connectivity index (χ4n) is 2.52. The predicted octanol–water partition coefficient (Wildman–Crippen LogP) is 2.63. The minimum Gasteiger partial charge on any atom is -0.299 e. The summed E-state index contributed by atoms with van der Waals surface area (Å²) >= 11 is 6.08. The normalized spacial score (nSPS) is 34.2. The van der Waals surface area contributed by atoms with Gasteiger partial charge in [-0.15, -0.1) is 11.6 Å². The summed E-state index contributed by atoms with van der Waals surface area (Å²) in [7, 11) is 0. The van der Waals surface area contributed by atoms with Gasteiger partial charge in [-0.2, -0.15) is 0 Å². The van der Waals surface area contributed by atoms with E-state index in [9.17, 15) is 0 Å². The van der Waals surface area contributed by atoms with E-state index in [1.54, 1.807) is 0 Å². The number of hydrogen-bond donors (Lipinski definition) is 0. The molecule has 1 unspecified atom stereocenters. The Morgan fingerprint density at radius 2 is 1.75 bits per heavy atom. The molecule has 1 aliphatic carbocycles. The molecule has 2 rings (SSSR count). The van der Waals surface area contributed by atoms with Crippen molar-refractivity contribution in [2.45, 2.75) is 49.9 Å². The zero-order chi connectivity index (χ0) is 8.39. The minimum atomic E-state index is 0.437. The van der Waals surface area contributed by atoms with Crippen molar-refractivity contribution in [1.82, 2.24) is 4.90 Å². The van der Waals surface area contributed by atoms with Gasteiger partial charge < -0.3 is 0 Å². The van der Waals surface area contributed by atoms with Crippen LogP contribution in [0.5, 0.6) is 0 Å². The highest BCUT2D eigenvalue weighted by Crippen LogP contribution is 2.26. The molecule has 2 aliphatic rings. The molecule has 2 fully saturated rings. The SMILES string of the molecule is ClC1CCN(C2CCCCC2)C1. The number of halogens is 1. The van der Waals surface area contributed by atoms with Crippen molar-refractivity contribution in [3.8, 4) is 0 Å². The summed E-state index contributed by atoms with van der Waals surface area (Å²) in [5.41, 5.74) is 0. The van der Waals surface area contributed by atoms with Gasteiger partial charge in [0.25, 0.3) is 0 Å². The molecule has 0 amide bonds. The summed E-state index contributed by atoms with van der Waals surface area (Å²) in [4.78, 5) is 2.61. The van der Waals surface area contributed by atoms with Gasteiger partial charge in [0, 0.05) is 18.0 Å². The van der Waals surface area contributed by atoms with Crippen LogP contribution in [0.25, 0.3) is 0 Å². The highest BCUT2D eigenvalue weighted by molar-refractivity contribution is 6.20. The molecule has 0 aromatic carbocycles. The Balaban J connectivity index is 1.83. The van der Waals surface area contributed by atoms with Crippen LogP contribution in [0, 0.1) is 0 Å². The lowest BCUT2D eigenvalue weighted by Gasteiger charge is -2.30. The van der Waals surface area contributed by atoms with Crippen molar-refractivity contribution in [1.29, 1.82) is 0 Å². The van der Waals surface area contributed by atoms with Gasteiger partial charge in [0.15, 0.2) is 0 Å². The third-order valence-corrected chi connectivity index (χ3v) is 3.61. The quantitative estimate of drug-likeness (QED) is 0.571. The Bertz CT molecular complexity index is 140. The lowest BCUT2D eigenvalue weighted by atomic mass is 9.94. The molecule has 0 spiro atoms. The van der Waals surface area contributed by atoms with E-state index in [1.165, 1.54) is 45.1 Å². The standard InChI is InChI=1S/C10H18ClN/c11-9-6-7-12(8-9)10-4-2-1-3-5-10/h9-10H,1-8H2. The van der Waals surface area contributed by atoms with E-state index in [1.807, 2.05) is 0 Å². The molecule has 0 radical (unpaired) electrons. The molecular formula is C10H18ClN. The fourth-order valence-corrected chi connectivity index (χ4v) is 2.80. The molecule has 1 saturated carbocycles. The maximum absolute atomic E-state index is 6.08. The summed E-state index contributed by atoms with van der Waals surface area (Å²) in [5.74, 6) is 0. The van der Waals surface area contributed by atoms with Crippen LogP contribution < -0.4 is 0 Å².